The number of anilines is 1. The van der Waals surface area contributed by atoms with Crippen LogP contribution in [0, 0.1) is 6.92 Å². The van der Waals surface area contributed by atoms with Gasteiger partial charge in [0.1, 0.15) is 0 Å². The van der Waals surface area contributed by atoms with E-state index in [1.165, 1.54) is 0 Å². The molecule has 0 radical (unpaired) electrons. The zero-order valence-electron chi connectivity index (χ0n) is 21.6. The first-order valence-electron chi connectivity index (χ1n) is 12.3. The van der Waals surface area contributed by atoms with Gasteiger partial charge in [0.05, 0.1) is 33.4 Å². The highest BCUT2D eigenvalue weighted by Gasteiger charge is 2.37. The number of aryl methyl sites for hydroxylation is 1. The number of urea groups is 1. The number of nitrogens with one attached hydrogen (secondary N) is 1. The summed E-state index contributed by atoms with van der Waals surface area (Å²) in [4.78, 5) is 30.0. The van der Waals surface area contributed by atoms with Gasteiger partial charge in [-0.1, -0.05) is 17.7 Å². The number of hydrogen-bond acceptors (Lipinski definition) is 5. The first-order valence-corrected chi connectivity index (χ1v) is 12.3. The van der Waals surface area contributed by atoms with Gasteiger partial charge in [0.2, 0.25) is 11.7 Å². The summed E-state index contributed by atoms with van der Waals surface area (Å²) in [7, 11) is 4.71. The first-order chi connectivity index (χ1) is 17.9. The maximum Gasteiger partial charge on any atom is 0.318 e. The van der Waals surface area contributed by atoms with Crippen LogP contribution >= 0.6 is 0 Å². The van der Waals surface area contributed by atoms with E-state index in [4.69, 9.17) is 14.2 Å². The number of carbonyl (C=O) groups excluding carboxylic acids is 2. The minimum absolute atomic E-state index is 0.00264. The minimum atomic E-state index is -0.372. The topological polar surface area (TPSA) is 85.3 Å². The molecule has 2 unspecified atom stereocenters. The van der Waals surface area contributed by atoms with E-state index in [0.29, 0.717) is 36.9 Å². The monoisotopic (exact) mass is 504 g/mol. The molecule has 1 aromatic heterocycles. The number of amides is 3. The largest absolute Gasteiger partial charge is 0.493 e. The Labute approximate surface area is 216 Å². The molecule has 0 bridgehead atoms. The number of rotatable bonds is 6. The second-order valence-electron chi connectivity index (χ2n) is 9.37. The molecule has 0 saturated carbocycles. The molecule has 0 spiro atoms. The van der Waals surface area contributed by atoms with Crippen molar-refractivity contribution < 1.29 is 23.8 Å². The van der Waals surface area contributed by atoms with E-state index in [-0.39, 0.29) is 30.4 Å². The van der Waals surface area contributed by atoms with Crippen LogP contribution in [0.3, 0.4) is 0 Å². The van der Waals surface area contributed by atoms with Crippen molar-refractivity contribution in [3.05, 3.63) is 71.5 Å². The summed E-state index contributed by atoms with van der Waals surface area (Å²) in [5, 5.41) is 3.12. The van der Waals surface area contributed by atoms with E-state index >= 15 is 0 Å². The van der Waals surface area contributed by atoms with Gasteiger partial charge in [-0.05, 0) is 48.9 Å². The molecule has 194 valence electrons. The van der Waals surface area contributed by atoms with Gasteiger partial charge < -0.3 is 33.9 Å². The summed E-state index contributed by atoms with van der Waals surface area (Å²) < 4.78 is 18.8. The Morgan fingerprint density at radius 3 is 2.32 bits per heavy atom. The Kier molecular flexibility index (Phi) is 6.69. The Morgan fingerprint density at radius 1 is 0.973 bits per heavy atom. The fourth-order valence-corrected chi connectivity index (χ4v) is 5.25. The van der Waals surface area contributed by atoms with Crippen molar-refractivity contribution in [1.82, 2.24) is 14.8 Å². The van der Waals surface area contributed by atoms with Crippen LogP contribution < -0.4 is 24.4 Å². The molecule has 2 aromatic carbocycles. The molecule has 5 rings (SSSR count). The molecule has 2 aliphatic heterocycles. The van der Waals surface area contributed by atoms with E-state index in [2.05, 4.69) is 9.88 Å². The number of benzene rings is 2. The molecule has 2 aliphatic rings. The second-order valence-corrected chi connectivity index (χ2v) is 9.37. The fraction of sp³-hybridized carbons (Fsp3) is 0.357. The van der Waals surface area contributed by atoms with E-state index in [1.54, 1.807) is 26.2 Å². The zero-order valence-corrected chi connectivity index (χ0v) is 21.6. The van der Waals surface area contributed by atoms with Gasteiger partial charge in [-0.3, -0.25) is 4.79 Å². The van der Waals surface area contributed by atoms with Crippen molar-refractivity contribution in [1.29, 1.82) is 0 Å². The van der Waals surface area contributed by atoms with Gasteiger partial charge in [-0.15, -0.1) is 0 Å². The normalized spacial score (nSPS) is 19.0. The van der Waals surface area contributed by atoms with E-state index < -0.39 is 0 Å². The summed E-state index contributed by atoms with van der Waals surface area (Å²) >= 11 is 0. The lowest BCUT2D eigenvalue weighted by Gasteiger charge is -2.38. The average Bonchev–Trinajstić information content (AvgIpc) is 3.53. The molecule has 2 atom stereocenters. The van der Waals surface area contributed by atoms with E-state index in [0.717, 1.165) is 22.5 Å². The Hall–Kier alpha value is -4.14. The van der Waals surface area contributed by atoms with E-state index in [9.17, 15) is 9.59 Å². The predicted octanol–water partition coefficient (Wildman–Crippen LogP) is 3.74. The molecule has 3 aromatic rings. The van der Waals surface area contributed by atoms with Crippen molar-refractivity contribution in [2.45, 2.75) is 32.0 Å². The molecule has 0 aliphatic carbocycles. The minimum Gasteiger partial charge on any atom is -0.493 e. The summed E-state index contributed by atoms with van der Waals surface area (Å²) in [6.45, 7) is 3.64. The van der Waals surface area contributed by atoms with Gasteiger partial charge in [0, 0.05) is 43.6 Å². The lowest BCUT2D eigenvalue weighted by atomic mass is 9.99. The SMILES string of the molecule is COc1cc(C2c3cccn3CCN2C(=O)NC2CC(=O)N(c3ccc(C)cc3)C2)cc(OC)c1OC. The van der Waals surface area contributed by atoms with Crippen LogP contribution in [0.25, 0.3) is 0 Å². The molecule has 3 amide bonds. The Balaban J connectivity index is 1.42. The zero-order chi connectivity index (χ0) is 26.1. The van der Waals surface area contributed by atoms with Gasteiger partial charge >= 0.3 is 6.03 Å². The third-order valence-electron chi connectivity index (χ3n) is 7.10. The van der Waals surface area contributed by atoms with Crippen molar-refractivity contribution in [3.8, 4) is 17.2 Å². The molecular weight excluding hydrogens is 472 g/mol. The first kappa shape index (κ1) is 24.5. The second kappa shape index (κ2) is 10.1. The van der Waals surface area contributed by atoms with Crippen molar-refractivity contribution in [2.75, 3.05) is 39.3 Å². The van der Waals surface area contributed by atoms with Crippen molar-refractivity contribution in [3.63, 3.8) is 0 Å². The van der Waals surface area contributed by atoms with Gasteiger partial charge in [0.25, 0.3) is 0 Å². The number of ether oxygens (including phenoxy) is 3. The highest BCUT2D eigenvalue weighted by atomic mass is 16.5. The number of aromatic nitrogens is 1. The van der Waals surface area contributed by atoms with Crippen LogP contribution in [0.5, 0.6) is 17.2 Å². The van der Waals surface area contributed by atoms with Gasteiger partial charge in [-0.2, -0.15) is 0 Å². The standard InChI is InChI=1S/C28H32N4O5/c1-18-7-9-21(10-8-18)32-17-20(16-25(32)33)29-28(34)31-13-12-30-11-5-6-22(30)26(31)19-14-23(35-2)27(37-4)24(15-19)36-3/h5-11,14-15,20,26H,12-13,16-17H2,1-4H3,(H,29,34). The Bertz CT molecular complexity index is 1280. The predicted molar refractivity (Wildman–Crippen MR) is 140 cm³/mol. The molecule has 1 N–H and O–H groups in total. The van der Waals surface area contributed by atoms with Gasteiger partial charge in [0.15, 0.2) is 11.5 Å². The lowest BCUT2D eigenvalue weighted by molar-refractivity contribution is -0.117. The van der Waals surface area contributed by atoms with Crippen LogP contribution in [-0.2, 0) is 11.3 Å². The average molecular weight is 505 g/mol. The third-order valence-corrected chi connectivity index (χ3v) is 7.10. The number of carbonyl (C=O) groups is 2. The molecule has 9 nitrogen and oxygen atoms in total. The molecule has 9 heteroatoms. The molecule has 3 heterocycles. The van der Waals surface area contributed by atoms with Crippen LogP contribution in [0.2, 0.25) is 0 Å². The molecule has 1 fully saturated rings. The maximum absolute atomic E-state index is 13.7. The van der Waals surface area contributed by atoms with Crippen molar-refractivity contribution in [2.24, 2.45) is 0 Å². The molecular formula is C28H32N4O5. The smallest absolute Gasteiger partial charge is 0.318 e. The number of nitrogens with zero attached hydrogens (tertiary/aromatic N) is 3. The summed E-state index contributed by atoms with van der Waals surface area (Å²) in [5.41, 5.74) is 3.80. The number of methoxy groups -OCH3 is 3. The summed E-state index contributed by atoms with van der Waals surface area (Å²) in [6, 6.07) is 14.8. The van der Waals surface area contributed by atoms with E-state index in [1.807, 2.05) is 66.6 Å². The molecule has 1 saturated heterocycles. The van der Waals surface area contributed by atoms with Crippen LogP contribution in [-0.4, -0.2) is 61.9 Å². The van der Waals surface area contributed by atoms with Crippen LogP contribution in [0.1, 0.15) is 29.3 Å². The number of fused-ring (bicyclic) bond motifs is 1. The van der Waals surface area contributed by atoms with Crippen LogP contribution in [0.4, 0.5) is 10.5 Å². The maximum atomic E-state index is 13.7. The Morgan fingerprint density at radius 2 is 1.68 bits per heavy atom. The van der Waals surface area contributed by atoms with Crippen molar-refractivity contribution >= 4 is 17.6 Å². The quantitative estimate of drug-likeness (QED) is 0.553. The summed E-state index contributed by atoms with van der Waals surface area (Å²) in [5.74, 6) is 1.55. The fourth-order valence-electron chi connectivity index (χ4n) is 5.25. The van der Waals surface area contributed by atoms with Crippen LogP contribution in [0.15, 0.2) is 54.7 Å². The molecule has 37 heavy (non-hydrogen) atoms. The highest BCUT2D eigenvalue weighted by molar-refractivity contribution is 5.96. The third kappa shape index (κ3) is 4.57. The lowest BCUT2D eigenvalue weighted by Crippen LogP contribution is -2.50. The highest BCUT2D eigenvalue weighted by Crippen LogP contribution is 2.43. The summed E-state index contributed by atoms with van der Waals surface area (Å²) in [6.07, 6.45) is 2.28. The van der Waals surface area contributed by atoms with Gasteiger partial charge in [-0.25, -0.2) is 4.79 Å². The number of hydrogen-bond donors (Lipinski definition) is 1.